The van der Waals surface area contributed by atoms with Gasteiger partial charge in [0.15, 0.2) is 0 Å². The highest BCUT2D eigenvalue weighted by atomic mass is 32.1. The van der Waals surface area contributed by atoms with E-state index in [1.807, 2.05) is 17.4 Å². The van der Waals surface area contributed by atoms with Gasteiger partial charge in [-0.05, 0) is 24.3 Å². The lowest BCUT2D eigenvalue weighted by Crippen LogP contribution is -2.31. The average Bonchev–Trinajstić information content (AvgIpc) is 2.65. The van der Waals surface area contributed by atoms with Crippen molar-refractivity contribution in [1.82, 2.24) is 5.32 Å². The van der Waals surface area contributed by atoms with Crippen molar-refractivity contribution >= 4 is 11.3 Å². The number of nitrogens with one attached hydrogen (secondary N) is 1. The third-order valence-electron chi connectivity index (χ3n) is 2.31. The van der Waals surface area contributed by atoms with Gasteiger partial charge in [-0.3, -0.25) is 0 Å². The van der Waals surface area contributed by atoms with E-state index in [1.54, 1.807) is 0 Å². The van der Waals surface area contributed by atoms with Crippen LogP contribution in [0.5, 0.6) is 0 Å². The Bertz CT molecular complexity index is 264. The molecule has 1 heterocycles. The molecule has 1 aromatic rings. The third kappa shape index (κ3) is 2.96. The van der Waals surface area contributed by atoms with Crippen LogP contribution in [0.15, 0.2) is 30.2 Å². The fraction of sp³-hybridized carbons (Fsp3) is 0.500. The van der Waals surface area contributed by atoms with Gasteiger partial charge in [-0.15, -0.1) is 17.9 Å². The molecule has 14 heavy (non-hydrogen) atoms. The Hall–Kier alpha value is -0.600. The molecule has 1 nitrogen and oxygen atoms in total. The highest BCUT2D eigenvalue weighted by Crippen LogP contribution is 2.26. The maximum absolute atomic E-state index is 3.80. The molecule has 1 N–H and O–H groups in total. The Kier molecular flexibility index (Phi) is 4.36. The van der Waals surface area contributed by atoms with E-state index in [-0.39, 0.29) is 0 Å². The van der Waals surface area contributed by atoms with Crippen LogP contribution in [0.2, 0.25) is 0 Å². The second-order valence-corrected chi connectivity index (χ2v) is 4.91. The highest BCUT2D eigenvalue weighted by Gasteiger charge is 2.17. The Balaban J connectivity index is 2.70. The molecule has 0 bridgehead atoms. The normalized spacial score (nSPS) is 15.4. The molecule has 0 saturated carbocycles. The SMILES string of the molecule is C=CC(C)NC(c1cccs1)C(C)C. The van der Waals surface area contributed by atoms with Crippen LogP contribution in [0.1, 0.15) is 31.7 Å². The first kappa shape index (κ1) is 11.5. The molecule has 0 amide bonds. The quantitative estimate of drug-likeness (QED) is 0.730. The molecule has 0 spiro atoms. The van der Waals surface area contributed by atoms with Crippen molar-refractivity contribution in [2.45, 2.75) is 32.9 Å². The summed E-state index contributed by atoms with van der Waals surface area (Å²) in [5, 5.41) is 5.69. The topological polar surface area (TPSA) is 12.0 Å². The summed E-state index contributed by atoms with van der Waals surface area (Å²) in [6.45, 7) is 10.4. The molecule has 1 aromatic heterocycles. The molecule has 1 rings (SSSR count). The average molecular weight is 209 g/mol. The van der Waals surface area contributed by atoms with Crippen LogP contribution in [0.4, 0.5) is 0 Å². The van der Waals surface area contributed by atoms with Gasteiger partial charge in [0, 0.05) is 17.0 Å². The van der Waals surface area contributed by atoms with Crippen molar-refractivity contribution < 1.29 is 0 Å². The van der Waals surface area contributed by atoms with E-state index < -0.39 is 0 Å². The van der Waals surface area contributed by atoms with Crippen LogP contribution >= 0.6 is 11.3 Å². The van der Waals surface area contributed by atoms with Crippen LogP contribution in [0, 0.1) is 5.92 Å². The van der Waals surface area contributed by atoms with E-state index in [4.69, 9.17) is 0 Å². The van der Waals surface area contributed by atoms with Gasteiger partial charge in [0.05, 0.1) is 0 Å². The van der Waals surface area contributed by atoms with E-state index in [2.05, 4.69) is 50.2 Å². The van der Waals surface area contributed by atoms with Gasteiger partial charge in [-0.25, -0.2) is 0 Å². The molecule has 2 heteroatoms. The molecule has 0 radical (unpaired) electrons. The number of hydrogen-bond donors (Lipinski definition) is 1. The monoisotopic (exact) mass is 209 g/mol. The van der Waals surface area contributed by atoms with Crippen LogP contribution in [-0.2, 0) is 0 Å². The van der Waals surface area contributed by atoms with Crippen molar-refractivity contribution in [1.29, 1.82) is 0 Å². The number of rotatable bonds is 5. The lowest BCUT2D eigenvalue weighted by molar-refractivity contribution is 0.400. The van der Waals surface area contributed by atoms with Gasteiger partial charge in [0.1, 0.15) is 0 Å². The standard InChI is InChI=1S/C12H19NS/c1-5-10(4)13-12(9(2)3)11-7-6-8-14-11/h5-10,12-13H,1H2,2-4H3. The van der Waals surface area contributed by atoms with Crippen molar-refractivity contribution in [3.05, 3.63) is 35.0 Å². The van der Waals surface area contributed by atoms with Crippen LogP contribution in [0.3, 0.4) is 0 Å². The Labute approximate surface area is 90.9 Å². The Morgan fingerprint density at radius 1 is 1.43 bits per heavy atom. The predicted molar refractivity (Wildman–Crippen MR) is 64.7 cm³/mol. The first-order valence-corrected chi connectivity index (χ1v) is 5.95. The van der Waals surface area contributed by atoms with Crippen molar-refractivity contribution in [2.24, 2.45) is 5.92 Å². The lowest BCUT2D eigenvalue weighted by Gasteiger charge is -2.24. The zero-order chi connectivity index (χ0) is 10.6. The summed E-state index contributed by atoms with van der Waals surface area (Å²) >= 11 is 1.82. The molecule has 0 aliphatic carbocycles. The third-order valence-corrected chi connectivity index (χ3v) is 3.27. The van der Waals surface area contributed by atoms with Crippen molar-refractivity contribution in [3.8, 4) is 0 Å². The summed E-state index contributed by atoms with van der Waals surface area (Å²) in [5.41, 5.74) is 0. The molecular weight excluding hydrogens is 190 g/mol. The molecule has 0 aromatic carbocycles. The van der Waals surface area contributed by atoms with E-state index in [9.17, 15) is 0 Å². The minimum absolute atomic E-state index is 0.365. The van der Waals surface area contributed by atoms with Gasteiger partial charge >= 0.3 is 0 Å². The van der Waals surface area contributed by atoms with E-state index in [0.29, 0.717) is 18.0 Å². The van der Waals surface area contributed by atoms with Gasteiger partial charge in [0.2, 0.25) is 0 Å². The van der Waals surface area contributed by atoms with Gasteiger partial charge in [0.25, 0.3) is 0 Å². The van der Waals surface area contributed by atoms with Crippen molar-refractivity contribution in [3.63, 3.8) is 0 Å². The summed E-state index contributed by atoms with van der Waals surface area (Å²) in [5.74, 6) is 0.607. The molecule has 0 saturated heterocycles. The lowest BCUT2D eigenvalue weighted by atomic mass is 10.0. The summed E-state index contributed by atoms with van der Waals surface area (Å²) in [7, 11) is 0. The van der Waals surface area contributed by atoms with Gasteiger partial charge in [-0.1, -0.05) is 26.0 Å². The van der Waals surface area contributed by atoms with Crippen LogP contribution in [0.25, 0.3) is 0 Å². The van der Waals surface area contributed by atoms with Gasteiger partial charge in [-0.2, -0.15) is 0 Å². The molecule has 0 fully saturated rings. The Morgan fingerprint density at radius 2 is 2.14 bits per heavy atom. The maximum Gasteiger partial charge on any atom is 0.0442 e. The maximum atomic E-state index is 3.80. The molecule has 0 aliphatic rings. The van der Waals surface area contributed by atoms with Gasteiger partial charge < -0.3 is 5.32 Å². The first-order chi connectivity index (χ1) is 6.65. The summed E-state index contributed by atoms with van der Waals surface area (Å²) < 4.78 is 0. The number of thiophene rings is 1. The number of hydrogen-bond acceptors (Lipinski definition) is 2. The molecular formula is C12H19NS. The van der Waals surface area contributed by atoms with E-state index >= 15 is 0 Å². The fourth-order valence-corrected chi connectivity index (χ4v) is 2.38. The van der Waals surface area contributed by atoms with Crippen molar-refractivity contribution in [2.75, 3.05) is 0 Å². The van der Waals surface area contributed by atoms with E-state index in [0.717, 1.165) is 0 Å². The smallest absolute Gasteiger partial charge is 0.0442 e. The second kappa shape index (κ2) is 5.32. The molecule has 0 aliphatic heterocycles. The minimum Gasteiger partial charge on any atom is -0.303 e. The van der Waals surface area contributed by atoms with E-state index in [1.165, 1.54) is 4.88 Å². The first-order valence-electron chi connectivity index (χ1n) is 5.07. The summed E-state index contributed by atoms with van der Waals surface area (Å²) in [4.78, 5) is 1.41. The summed E-state index contributed by atoms with van der Waals surface area (Å²) in [6, 6.07) is 5.11. The minimum atomic E-state index is 0.365. The fourth-order valence-electron chi connectivity index (χ4n) is 1.42. The highest BCUT2D eigenvalue weighted by molar-refractivity contribution is 7.10. The second-order valence-electron chi connectivity index (χ2n) is 3.93. The molecule has 2 unspecified atom stereocenters. The zero-order valence-corrected chi connectivity index (χ0v) is 9.97. The summed E-state index contributed by atoms with van der Waals surface area (Å²) in [6.07, 6.45) is 1.95. The molecule has 78 valence electrons. The van der Waals surface area contributed by atoms with Crippen LogP contribution < -0.4 is 5.32 Å². The predicted octanol–water partition coefficient (Wildman–Crippen LogP) is 3.61. The molecule has 2 atom stereocenters. The zero-order valence-electron chi connectivity index (χ0n) is 9.16. The largest absolute Gasteiger partial charge is 0.303 e. The van der Waals surface area contributed by atoms with Crippen LogP contribution in [-0.4, -0.2) is 6.04 Å². The Morgan fingerprint density at radius 3 is 2.57 bits per heavy atom.